The molecule has 0 aliphatic carbocycles. The third-order valence-corrected chi connectivity index (χ3v) is 2.93. The Hall–Kier alpha value is -1.90. The normalized spacial score (nSPS) is 11.2. The summed E-state index contributed by atoms with van der Waals surface area (Å²) in [6.07, 6.45) is 5.44. The van der Waals surface area contributed by atoms with E-state index in [1.807, 2.05) is 12.1 Å². The monoisotopic (exact) mass is 241 g/mol. The zero-order valence-electron chi connectivity index (χ0n) is 10.9. The minimum absolute atomic E-state index is 0.0181. The molecule has 0 aliphatic rings. The SMILES string of the molecule is CC(C)(CCc1ccccc1)Nc1ccncn1. The van der Waals surface area contributed by atoms with Crippen LogP contribution in [0.15, 0.2) is 48.9 Å². The molecule has 0 aliphatic heterocycles. The van der Waals surface area contributed by atoms with E-state index in [4.69, 9.17) is 0 Å². The van der Waals surface area contributed by atoms with E-state index in [-0.39, 0.29) is 5.54 Å². The van der Waals surface area contributed by atoms with Gasteiger partial charge in [0, 0.05) is 11.7 Å². The van der Waals surface area contributed by atoms with Crippen molar-refractivity contribution in [2.75, 3.05) is 5.32 Å². The van der Waals surface area contributed by atoms with Crippen LogP contribution in [0.25, 0.3) is 0 Å². The van der Waals surface area contributed by atoms with Crippen LogP contribution in [0.2, 0.25) is 0 Å². The Morgan fingerprint density at radius 2 is 1.89 bits per heavy atom. The molecular weight excluding hydrogens is 222 g/mol. The second-order valence-corrected chi connectivity index (χ2v) is 5.09. The van der Waals surface area contributed by atoms with Crippen molar-refractivity contribution in [3.63, 3.8) is 0 Å². The first-order valence-electron chi connectivity index (χ1n) is 6.24. The lowest BCUT2D eigenvalue weighted by molar-refractivity contribution is 0.516. The first kappa shape index (κ1) is 12.6. The van der Waals surface area contributed by atoms with E-state index < -0.39 is 0 Å². The van der Waals surface area contributed by atoms with E-state index >= 15 is 0 Å². The molecule has 1 heterocycles. The van der Waals surface area contributed by atoms with Gasteiger partial charge in [0.25, 0.3) is 0 Å². The number of aryl methyl sites for hydroxylation is 1. The van der Waals surface area contributed by atoms with Gasteiger partial charge in [-0.2, -0.15) is 0 Å². The highest BCUT2D eigenvalue weighted by atomic mass is 15.1. The zero-order chi connectivity index (χ0) is 12.8. The highest BCUT2D eigenvalue weighted by Crippen LogP contribution is 2.18. The van der Waals surface area contributed by atoms with Crippen molar-refractivity contribution in [1.82, 2.24) is 9.97 Å². The molecule has 0 spiro atoms. The van der Waals surface area contributed by atoms with E-state index in [9.17, 15) is 0 Å². The fourth-order valence-corrected chi connectivity index (χ4v) is 1.88. The van der Waals surface area contributed by atoms with Crippen molar-refractivity contribution in [1.29, 1.82) is 0 Å². The summed E-state index contributed by atoms with van der Waals surface area (Å²) >= 11 is 0. The molecule has 0 fully saturated rings. The molecule has 2 rings (SSSR count). The van der Waals surface area contributed by atoms with Crippen LogP contribution in [0.1, 0.15) is 25.8 Å². The Labute approximate surface area is 108 Å². The predicted octanol–water partition coefficient (Wildman–Crippen LogP) is 3.30. The second kappa shape index (κ2) is 5.63. The number of anilines is 1. The molecule has 0 amide bonds. The summed E-state index contributed by atoms with van der Waals surface area (Å²) in [5.41, 5.74) is 1.39. The van der Waals surface area contributed by atoms with Gasteiger partial charge in [-0.05, 0) is 38.3 Å². The molecule has 3 nitrogen and oxygen atoms in total. The van der Waals surface area contributed by atoms with Crippen LogP contribution in [-0.4, -0.2) is 15.5 Å². The molecule has 0 bridgehead atoms. The van der Waals surface area contributed by atoms with Gasteiger partial charge in [0.05, 0.1) is 0 Å². The highest BCUT2D eigenvalue weighted by molar-refractivity contribution is 5.35. The molecule has 94 valence electrons. The van der Waals surface area contributed by atoms with Crippen molar-refractivity contribution >= 4 is 5.82 Å². The Kier molecular flexibility index (Phi) is 3.92. The van der Waals surface area contributed by atoms with Crippen molar-refractivity contribution < 1.29 is 0 Å². The third-order valence-electron chi connectivity index (χ3n) is 2.93. The molecule has 0 saturated heterocycles. The largest absolute Gasteiger partial charge is 0.365 e. The van der Waals surface area contributed by atoms with Crippen molar-refractivity contribution in [2.45, 2.75) is 32.2 Å². The topological polar surface area (TPSA) is 37.8 Å². The molecule has 0 saturated carbocycles. The minimum Gasteiger partial charge on any atom is -0.365 e. The molecule has 0 radical (unpaired) electrons. The van der Waals surface area contributed by atoms with Crippen molar-refractivity contribution in [3.8, 4) is 0 Å². The molecule has 1 N–H and O–H groups in total. The molecule has 2 aromatic rings. The van der Waals surface area contributed by atoms with Gasteiger partial charge in [-0.25, -0.2) is 9.97 Å². The Balaban J connectivity index is 1.91. The van der Waals surface area contributed by atoms with Gasteiger partial charge in [0.15, 0.2) is 0 Å². The number of hydrogen-bond donors (Lipinski definition) is 1. The Bertz CT molecular complexity index is 466. The summed E-state index contributed by atoms with van der Waals surface area (Å²) in [7, 11) is 0. The molecule has 18 heavy (non-hydrogen) atoms. The van der Waals surface area contributed by atoms with Crippen LogP contribution >= 0.6 is 0 Å². The summed E-state index contributed by atoms with van der Waals surface area (Å²) in [4.78, 5) is 8.11. The van der Waals surface area contributed by atoms with Crippen LogP contribution in [0.5, 0.6) is 0 Å². The molecule has 1 aromatic heterocycles. The standard InChI is InChI=1S/C15H19N3/c1-15(2,18-14-9-11-16-12-17-14)10-8-13-6-4-3-5-7-13/h3-7,9,11-12H,8,10H2,1-2H3,(H,16,17,18). The second-order valence-electron chi connectivity index (χ2n) is 5.09. The quantitative estimate of drug-likeness (QED) is 0.872. The van der Waals surface area contributed by atoms with Crippen LogP contribution in [0, 0.1) is 0 Å². The Morgan fingerprint density at radius 3 is 2.56 bits per heavy atom. The fourth-order valence-electron chi connectivity index (χ4n) is 1.88. The maximum Gasteiger partial charge on any atom is 0.129 e. The molecule has 0 atom stereocenters. The summed E-state index contributed by atoms with van der Waals surface area (Å²) in [6, 6.07) is 12.4. The summed E-state index contributed by atoms with van der Waals surface area (Å²) in [5.74, 6) is 0.878. The summed E-state index contributed by atoms with van der Waals surface area (Å²) < 4.78 is 0. The van der Waals surface area contributed by atoms with E-state index in [0.717, 1.165) is 18.7 Å². The van der Waals surface area contributed by atoms with Crippen LogP contribution < -0.4 is 5.32 Å². The summed E-state index contributed by atoms with van der Waals surface area (Å²) in [5, 5.41) is 3.44. The Morgan fingerprint density at radius 1 is 1.11 bits per heavy atom. The third kappa shape index (κ3) is 3.84. The van der Waals surface area contributed by atoms with Gasteiger partial charge in [-0.3, -0.25) is 0 Å². The van der Waals surface area contributed by atoms with E-state index in [0.29, 0.717) is 0 Å². The molecule has 3 heteroatoms. The smallest absolute Gasteiger partial charge is 0.129 e. The number of rotatable bonds is 5. The number of nitrogens with one attached hydrogen (secondary N) is 1. The summed E-state index contributed by atoms with van der Waals surface area (Å²) in [6.45, 7) is 4.39. The van der Waals surface area contributed by atoms with Gasteiger partial charge in [-0.1, -0.05) is 30.3 Å². The number of aromatic nitrogens is 2. The average Bonchev–Trinajstić information content (AvgIpc) is 2.38. The number of benzene rings is 1. The lowest BCUT2D eigenvalue weighted by atomic mass is 9.95. The van der Waals surface area contributed by atoms with E-state index in [1.165, 1.54) is 5.56 Å². The minimum atomic E-state index is 0.0181. The molecular formula is C15H19N3. The predicted molar refractivity (Wildman–Crippen MR) is 74.5 cm³/mol. The van der Waals surface area contributed by atoms with E-state index in [2.05, 4.69) is 53.4 Å². The van der Waals surface area contributed by atoms with Gasteiger partial charge in [0.1, 0.15) is 12.1 Å². The number of hydrogen-bond acceptors (Lipinski definition) is 3. The zero-order valence-corrected chi connectivity index (χ0v) is 10.9. The highest BCUT2D eigenvalue weighted by Gasteiger charge is 2.17. The average molecular weight is 241 g/mol. The maximum atomic E-state index is 4.20. The fraction of sp³-hybridized carbons (Fsp3) is 0.333. The first-order chi connectivity index (χ1) is 8.66. The van der Waals surface area contributed by atoms with Gasteiger partial charge >= 0.3 is 0 Å². The van der Waals surface area contributed by atoms with Crippen LogP contribution in [0.4, 0.5) is 5.82 Å². The van der Waals surface area contributed by atoms with Crippen LogP contribution in [0.3, 0.4) is 0 Å². The number of nitrogens with zero attached hydrogens (tertiary/aromatic N) is 2. The first-order valence-corrected chi connectivity index (χ1v) is 6.24. The molecule has 1 aromatic carbocycles. The van der Waals surface area contributed by atoms with E-state index in [1.54, 1.807) is 12.5 Å². The van der Waals surface area contributed by atoms with Gasteiger partial charge < -0.3 is 5.32 Å². The van der Waals surface area contributed by atoms with Gasteiger partial charge in [-0.15, -0.1) is 0 Å². The molecule has 0 unspecified atom stereocenters. The van der Waals surface area contributed by atoms with Gasteiger partial charge in [0.2, 0.25) is 0 Å². The lowest BCUT2D eigenvalue weighted by Gasteiger charge is -2.26. The van der Waals surface area contributed by atoms with Crippen molar-refractivity contribution in [3.05, 3.63) is 54.5 Å². The maximum absolute atomic E-state index is 4.20. The van der Waals surface area contributed by atoms with Crippen molar-refractivity contribution in [2.24, 2.45) is 0 Å². The van der Waals surface area contributed by atoms with Crippen LogP contribution in [-0.2, 0) is 6.42 Å². The lowest BCUT2D eigenvalue weighted by Crippen LogP contribution is -2.31.